The first-order chi connectivity index (χ1) is 10.5. The predicted molar refractivity (Wildman–Crippen MR) is 89.7 cm³/mol. The van der Waals surface area contributed by atoms with E-state index in [1.807, 2.05) is 62.9 Å². The van der Waals surface area contributed by atoms with E-state index >= 15 is 0 Å². The molecule has 0 saturated carbocycles. The van der Waals surface area contributed by atoms with Gasteiger partial charge in [0, 0.05) is 24.3 Å². The second-order valence-corrected chi connectivity index (χ2v) is 5.35. The Morgan fingerprint density at radius 2 is 1.73 bits per heavy atom. The number of hydrogen-bond donors (Lipinski definition) is 1. The van der Waals surface area contributed by atoms with Gasteiger partial charge in [-0.05, 0) is 39.3 Å². The van der Waals surface area contributed by atoms with E-state index in [9.17, 15) is 9.90 Å². The van der Waals surface area contributed by atoms with Crippen molar-refractivity contribution in [2.75, 3.05) is 18.0 Å². The third kappa shape index (κ3) is 3.11. The molecule has 1 heterocycles. The monoisotopic (exact) mass is 298 g/mol. The number of rotatable bonds is 5. The lowest BCUT2D eigenvalue weighted by atomic mass is 9.98. The number of pyridine rings is 1. The summed E-state index contributed by atoms with van der Waals surface area (Å²) in [4.78, 5) is 18.3. The minimum absolute atomic E-state index is 0.276. The minimum atomic E-state index is -0.940. The SMILES string of the molecule is CCN(CC)c1nc(C)cc(-c2ccc(C)cc2)c1C(=O)O. The lowest BCUT2D eigenvalue weighted by Gasteiger charge is -2.23. The van der Waals surface area contributed by atoms with E-state index in [1.54, 1.807) is 0 Å². The number of benzene rings is 1. The Hall–Kier alpha value is -2.36. The zero-order valence-corrected chi connectivity index (χ0v) is 13.6. The number of carboxylic acid groups (broad SMARTS) is 1. The van der Waals surface area contributed by atoms with Gasteiger partial charge in [-0.2, -0.15) is 0 Å². The molecule has 0 fully saturated rings. The highest BCUT2D eigenvalue weighted by atomic mass is 16.4. The first-order valence-corrected chi connectivity index (χ1v) is 7.54. The third-order valence-corrected chi connectivity index (χ3v) is 3.77. The van der Waals surface area contributed by atoms with Crippen molar-refractivity contribution in [2.45, 2.75) is 27.7 Å². The van der Waals surface area contributed by atoms with Crippen molar-refractivity contribution in [3.8, 4) is 11.1 Å². The van der Waals surface area contributed by atoms with E-state index in [0.29, 0.717) is 5.82 Å². The highest BCUT2D eigenvalue weighted by Crippen LogP contribution is 2.31. The number of carbonyl (C=O) groups is 1. The summed E-state index contributed by atoms with van der Waals surface area (Å²) in [6.45, 7) is 9.37. The van der Waals surface area contributed by atoms with Gasteiger partial charge in [-0.15, -0.1) is 0 Å². The van der Waals surface area contributed by atoms with E-state index in [0.717, 1.165) is 35.5 Å². The Balaban J connectivity index is 2.72. The van der Waals surface area contributed by atoms with Gasteiger partial charge in [-0.25, -0.2) is 9.78 Å². The Morgan fingerprint density at radius 3 is 2.23 bits per heavy atom. The highest BCUT2D eigenvalue weighted by Gasteiger charge is 2.22. The topological polar surface area (TPSA) is 53.4 Å². The Labute approximate surface area is 131 Å². The summed E-state index contributed by atoms with van der Waals surface area (Å²) in [5.41, 5.74) is 3.87. The van der Waals surface area contributed by atoms with Crippen molar-refractivity contribution in [3.63, 3.8) is 0 Å². The first kappa shape index (κ1) is 16.0. The van der Waals surface area contributed by atoms with Gasteiger partial charge < -0.3 is 10.0 Å². The summed E-state index contributed by atoms with van der Waals surface area (Å²) in [6, 6.07) is 9.76. The molecule has 0 aliphatic carbocycles. The van der Waals surface area contributed by atoms with E-state index in [4.69, 9.17) is 0 Å². The van der Waals surface area contributed by atoms with Gasteiger partial charge in [0.25, 0.3) is 0 Å². The molecule has 2 rings (SSSR count). The molecule has 1 N–H and O–H groups in total. The summed E-state index contributed by atoms with van der Waals surface area (Å²) in [5, 5.41) is 9.73. The molecular weight excluding hydrogens is 276 g/mol. The molecule has 1 aromatic heterocycles. The number of anilines is 1. The Kier molecular flexibility index (Phi) is 4.81. The van der Waals surface area contributed by atoms with E-state index in [1.165, 1.54) is 0 Å². The average molecular weight is 298 g/mol. The van der Waals surface area contributed by atoms with Crippen molar-refractivity contribution >= 4 is 11.8 Å². The summed E-state index contributed by atoms with van der Waals surface area (Å²) in [7, 11) is 0. The summed E-state index contributed by atoms with van der Waals surface area (Å²) in [6.07, 6.45) is 0. The molecule has 1 aromatic carbocycles. The van der Waals surface area contributed by atoms with Crippen molar-refractivity contribution in [1.29, 1.82) is 0 Å². The molecule has 0 aliphatic rings. The number of aromatic nitrogens is 1. The zero-order valence-electron chi connectivity index (χ0n) is 13.6. The smallest absolute Gasteiger partial charge is 0.340 e. The molecule has 22 heavy (non-hydrogen) atoms. The summed E-state index contributed by atoms with van der Waals surface area (Å²) in [5.74, 6) is -0.391. The molecule has 0 atom stereocenters. The maximum absolute atomic E-state index is 11.9. The van der Waals surface area contributed by atoms with Crippen LogP contribution in [-0.2, 0) is 0 Å². The van der Waals surface area contributed by atoms with Crippen LogP contribution in [0.5, 0.6) is 0 Å². The quantitative estimate of drug-likeness (QED) is 0.909. The molecule has 0 aliphatic heterocycles. The fourth-order valence-electron chi connectivity index (χ4n) is 2.58. The van der Waals surface area contributed by atoms with Crippen LogP contribution in [0.4, 0.5) is 5.82 Å². The Morgan fingerprint density at radius 1 is 1.14 bits per heavy atom. The van der Waals surface area contributed by atoms with Gasteiger partial charge in [-0.3, -0.25) is 0 Å². The number of aryl methyl sites for hydroxylation is 2. The van der Waals surface area contributed by atoms with E-state index in [-0.39, 0.29) is 5.56 Å². The van der Waals surface area contributed by atoms with Crippen LogP contribution in [0.15, 0.2) is 30.3 Å². The minimum Gasteiger partial charge on any atom is -0.478 e. The molecule has 0 unspecified atom stereocenters. The van der Waals surface area contributed by atoms with Crippen LogP contribution in [0.3, 0.4) is 0 Å². The van der Waals surface area contributed by atoms with Gasteiger partial charge in [0.15, 0.2) is 0 Å². The van der Waals surface area contributed by atoms with Crippen LogP contribution < -0.4 is 4.90 Å². The van der Waals surface area contributed by atoms with Crippen LogP contribution in [0.2, 0.25) is 0 Å². The van der Waals surface area contributed by atoms with Gasteiger partial charge in [0.05, 0.1) is 0 Å². The maximum atomic E-state index is 11.9. The average Bonchev–Trinajstić information content (AvgIpc) is 2.48. The van der Waals surface area contributed by atoms with Crippen LogP contribution in [0.25, 0.3) is 11.1 Å². The van der Waals surface area contributed by atoms with E-state index in [2.05, 4.69) is 4.98 Å². The van der Waals surface area contributed by atoms with Crippen LogP contribution in [-0.4, -0.2) is 29.1 Å². The highest BCUT2D eigenvalue weighted by molar-refractivity contribution is 6.01. The number of carboxylic acids is 1. The lowest BCUT2D eigenvalue weighted by Crippen LogP contribution is -2.26. The largest absolute Gasteiger partial charge is 0.478 e. The Bertz CT molecular complexity index is 674. The summed E-state index contributed by atoms with van der Waals surface area (Å²) >= 11 is 0. The van der Waals surface area contributed by atoms with Gasteiger partial charge in [-0.1, -0.05) is 29.8 Å². The molecule has 0 spiro atoms. The van der Waals surface area contributed by atoms with Crippen molar-refractivity contribution in [3.05, 3.63) is 47.2 Å². The maximum Gasteiger partial charge on any atom is 0.340 e. The fourth-order valence-corrected chi connectivity index (χ4v) is 2.58. The van der Waals surface area contributed by atoms with Crippen molar-refractivity contribution in [2.24, 2.45) is 0 Å². The molecule has 0 bridgehead atoms. The molecule has 4 heteroatoms. The molecule has 0 saturated heterocycles. The van der Waals surface area contributed by atoms with Gasteiger partial charge in [0.1, 0.15) is 11.4 Å². The normalized spacial score (nSPS) is 10.5. The third-order valence-electron chi connectivity index (χ3n) is 3.77. The number of nitrogens with zero attached hydrogens (tertiary/aromatic N) is 2. The van der Waals surface area contributed by atoms with Crippen molar-refractivity contribution in [1.82, 2.24) is 4.98 Å². The molecule has 2 aromatic rings. The van der Waals surface area contributed by atoms with Crippen LogP contribution in [0, 0.1) is 13.8 Å². The summed E-state index contributed by atoms with van der Waals surface area (Å²) < 4.78 is 0. The predicted octanol–water partition coefficient (Wildman–Crippen LogP) is 3.91. The molecule has 116 valence electrons. The molecule has 0 amide bonds. The fraction of sp³-hybridized carbons (Fsp3) is 0.333. The molecule has 0 radical (unpaired) electrons. The standard InChI is InChI=1S/C18H22N2O2/c1-5-20(6-2)17-16(18(21)22)15(11-13(4)19-17)14-9-7-12(3)8-10-14/h7-11H,5-6H2,1-4H3,(H,21,22). The van der Waals surface area contributed by atoms with E-state index < -0.39 is 5.97 Å². The van der Waals surface area contributed by atoms with Crippen LogP contribution in [0.1, 0.15) is 35.5 Å². The second kappa shape index (κ2) is 6.60. The number of aromatic carboxylic acids is 1. The van der Waals surface area contributed by atoms with Crippen molar-refractivity contribution < 1.29 is 9.90 Å². The van der Waals surface area contributed by atoms with Gasteiger partial charge in [0.2, 0.25) is 0 Å². The second-order valence-electron chi connectivity index (χ2n) is 5.35. The molecular formula is C18H22N2O2. The first-order valence-electron chi connectivity index (χ1n) is 7.54. The molecule has 4 nitrogen and oxygen atoms in total. The zero-order chi connectivity index (χ0) is 16.3. The van der Waals surface area contributed by atoms with Gasteiger partial charge >= 0.3 is 5.97 Å². The lowest BCUT2D eigenvalue weighted by molar-refractivity contribution is 0.0698. The number of hydrogen-bond acceptors (Lipinski definition) is 3. The van der Waals surface area contributed by atoms with Crippen LogP contribution >= 0.6 is 0 Å².